The molecule has 1 heterocycles. The molecule has 4 atom stereocenters. The van der Waals surface area contributed by atoms with Crippen LogP contribution in [0.1, 0.15) is 13.8 Å². The van der Waals surface area contributed by atoms with Gasteiger partial charge in [0.1, 0.15) is 12.2 Å². The second kappa shape index (κ2) is 5.23. The minimum absolute atomic E-state index is 0.211. The van der Waals surface area contributed by atoms with E-state index < -0.39 is 24.4 Å². The summed E-state index contributed by atoms with van der Waals surface area (Å²) < 4.78 is 0. The van der Waals surface area contributed by atoms with Gasteiger partial charge in [0.2, 0.25) is 0 Å². The maximum atomic E-state index is 9.68. The summed E-state index contributed by atoms with van der Waals surface area (Å²) in [6.07, 6.45) is -3.19. The van der Waals surface area contributed by atoms with Gasteiger partial charge in [0.05, 0.1) is 18.8 Å². The van der Waals surface area contributed by atoms with E-state index in [1.54, 1.807) is 0 Å². The Morgan fingerprint density at radius 3 is 2.27 bits per heavy atom. The molecule has 1 aliphatic heterocycles. The van der Waals surface area contributed by atoms with Crippen LogP contribution >= 0.6 is 0 Å². The molecule has 0 aliphatic carbocycles. The number of aliphatic hydroxyl groups excluding tert-OH is 4. The molecule has 0 unspecified atom stereocenters. The molecule has 0 radical (unpaired) electrons. The van der Waals surface area contributed by atoms with Crippen molar-refractivity contribution in [1.82, 2.24) is 4.90 Å². The monoisotopic (exact) mass is 219 g/mol. The summed E-state index contributed by atoms with van der Waals surface area (Å²) in [5.74, 6) is 0.383. The topological polar surface area (TPSA) is 84.2 Å². The quantitative estimate of drug-likeness (QED) is 0.459. The van der Waals surface area contributed by atoms with Crippen LogP contribution in [0.3, 0.4) is 0 Å². The van der Waals surface area contributed by atoms with Gasteiger partial charge in [-0.15, -0.1) is 0 Å². The number of rotatable bonds is 3. The first-order valence-electron chi connectivity index (χ1n) is 5.36. The van der Waals surface area contributed by atoms with Gasteiger partial charge in [0.25, 0.3) is 0 Å². The summed E-state index contributed by atoms with van der Waals surface area (Å²) in [4.78, 5) is 1.83. The Balaban J connectivity index is 2.68. The maximum Gasteiger partial charge on any atom is 0.109 e. The van der Waals surface area contributed by atoms with E-state index in [0.717, 1.165) is 0 Å². The molecule has 90 valence electrons. The van der Waals surface area contributed by atoms with Gasteiger partial charge in [-0.25, -0.2) is 0 Å². The molecule has 15 heavy (non-hydrogen) atoms. The van der Waals surface area contributed by atoms with Crippen LogP contribution in [0.15, 0.2) is 0 Å². The Morgan fingerprint density at radius 1 is 1.20 bits per heavy atom. The Hall–Kier alpha value is -0.200. The van der Waals surface area contributed by atoms with Crippen LogP contribution in [-0.2, 0) is 0 Å². The molecule has 0 bridgehead atoms. The van der Waals surface area contributed by atoms with E-state index in [1.165, 1.54) is 0 Å². The molecule has 4 N–H and O–H groups in total. The van der Waals surface area contributed by atoms with Crippen LogP contribution in [-0.4, -0.2) is 69.4 Å². The lowest BCUT2D eigenvalue weighted by Crippen LogP contribution is -2.62. The molecule has 0 saturated carbocycles. The molecule has 0 aromatic carbocycles. The average Bonchev–Trinajstić information content (AvgIpc) is 2.14. The molecule has 0 aromatic heterocycles. The summed E-state index contributed by atoms with van der Waals surface area (Å²) >= 11 is 0. The van der Waals surface area contributed by atoms with Crippen molar-refractivity contribution >= 4 is 0 Å². The average molecular weight is 219 g/mol. The summed E-state index contributed by atoms with van der Waals surface area (Å²) in [5, 5.41) is 37.8. The van der Waals surface area contributed by atoms with Gasteiger partial charge < -0.3 is 20.4 Å². The smallest absolute Gasteiger partial charge is 0.109 e. The summed E-state index contributed by atoms with van der Waals surface area (Å²) in [7, 11) is 0. The summed E-state index contributed by atoms with van der Waals surface area (Å²) in [6, 6.07) is -0.481. The second-order valence-electron chi connectivity index (χ2n) is 4.65. The highest BCUT2D eigenvalue weighted by atomic mass is 16.4. The van der Waals surface area contributed by atoms with Crippen LogP contribution in [0.2, 0.25) is 0 Å². The zero-order valence-electron chi connectivity index (χ0n) is 9.24. The predicted octanol–water partition coefficient (Wildman–Crippen LogP) is -1.60. The highest BCUT2D eigenvalue weighted by Crippen LogP contribution is 2.19. The Kier molecular flexibility index (Phi) is 4.48. The first-order valence-corrected chi connectivity index (χ1v) is 5.36. The van der Waals surface area contributed by atoms with Crippen molar-refractivity contribution in [3.63, 3.8) is 0 Å². The lowest BCUT2D eigenvalue weighted by atomic mass is 9.93. The van der Waals surface area contributed by atoms with Gasteiger partial charge in [-0.1, -0.05) is 13.8 Å². The van der Waals surface area contributed by atoms with E-state index in [0.29, 0.717) is 19.0 Å². The zero-order chi connectivity index (χ0) is 11.6. The van der Waals surface area contributed by atoms with Gasteiger partial charge in [0.15, 0.2) is 0 Å². The molecule has 1 saturated heterocycles. The van der Waals surface area contributed by atoms with Gasteiger partial charge in [-0.3, -0.25) is 4.90 Å². The highest BCUT2D eigenvalue weighted by molar-refractivity contribution is 4.94. The van der Waals surface area contributed by atoms with Gasteiger partial charge in [-0.2, -0.15) is 0 Å². The molecule has 0 amide bonds. The van der Waals surface area contributed by atoms with Crippen molar-refractivity contribution in [1.29, 1.82) is 0 Å². The van der Waals surface area contributed by atoms with Crippen molar-refractivity contribution in [2.24, 2.45) is 5.92 Å². The van der Waals surface area contributed by atoms with E-state index in [2.05, 4.69) is 0 Å². The molecule has 1 aliphatic rings. The van der Waals surface area contributed by atoms with Crippen molar-refractivity contribution in [2.75, 3.05) is 19.7 Å². The van der Waals surface area contributed by atoms with Crippen molar-refractivity contribution < 1.29 is 20.4 Å². The van der Waals surface area contributed by atoms with E-state index in [9.17, 15) is 15.3 Å². The fourth-order valence-corrected chi connectivity index (χ4v) is 2.06. The van der Waals surface area contributed by atoms with Crippen molar-refractivity contribution in [3.05, 3.63) is 0 Å². The van der Waals surface area contributed by atoms with Gasteiger partial charge >= 0.3 is 0 Å². The molecule has 0 aromatic rings. The minimum atomic E-state index is -1.16. The largest absolute Gasteiger partial charge is 0.395 e. The zero-order valence-corrected chi connectivity index (χ0v) is 9.24. The van der Waals surface area contributed by atoms with Gasteiger partial charge in [0, 0.05) is 13.1 Å². The molecule has 5 nitrogen and oxygen atoms in total. The van der Waals surface area contributed by atoms with E-state index >= 15 is 0 Å². The molecular formula is C10H21NO4. The SMILES string of the molecule is CC(C)CN1C[C@H](O)[C@@H](O)[C@H](O)[C@H]1CO. The Morgan fingerprint density at radius 2 is 1.80 bits per heavy atom. The fraction of sp³-hybridized carbons (Fsp3) is 1.00. The predicted molar refractivity (Wildman–Crippen MR) is 55.3 cm³/mol. The molecule has 1 fully saturated rings. The summed E-state index contributed by atoms with van der Waals surface area (Å²) in [6.45, 7) is 4.82. The number of β-amino-alcohol motifs (C(OH)–C–C–N with tert-alkyl or cyclic N) is 1. The maximum absolute atomic E-state index is 9.68. The summed E-state index contributed by atoms with van der Waals surface area (Å²) in [5.41, 5.74) is 0. The van der Waals surface area contributed by atoms with E-state index in [1.807, 2.05) is 18.7 Å². The van der Waals surface area contributed by atoms with Gasteiger partial charge in [-0.05, 0) is 5.92 Å². The van der Waals surface area contributed by atoms with Crippen LogP contribution in [0.25, 0.3) is 0 Å². The number of nitrogens with zero attached hydrogens (tertiary/aromatic N) is 1. The van der Waals surface area contributed by atoms with Crippen LogP contribution in [0, 0.1) is 5.92 Å². The molecule has 1 rings (SSSR count). The lowest BCUT2D eigenvalue weighted by Gasteiger charge is -2.43. The third-order valence-electron chi connectivity index (χ3n) is 2.82. The standard InChI is InChI=1S/C10H21NO4/c1-6(2)3-11-4-8(13)10(15)9(14)7(11)5-12/h6-10,12-15H,3-5H2,1-2H3/t7-,8+,9-,10-/m1/s1. The number of likely N-dealkylation sites (tertiary alicyclic amines) is 1. The normalized spacial score (nSPS) is 38.6. The van der Waals surface area contributed by atoms with Crippen LogP contribution in [0.4, 0.5) is 0 Å². The number of piperidine rings is 1. The third-order valence-corrected chi connectivity index (χ3v) is 2.82. The first kappa shape index (κ1) is 12.9. The third kappa shape index (κ3) is 2.89. The lowest BCUT2D eigenvalue weighted by molar-refractivity contribution is -0.146. The molecule has 0 spiro atoms. The van der Waals surface area contributed by atoms with E-state index in [4.69, 9.17) is 5.11 Å². The Labute approximate surface area is 90.0 Å². The highest BCUT2D eigenvalue weighted by Gasteiger charge is 2.40. The first-order chi connectivity index (χ1) is 6.97. The van der Waals surface area contributed by atoms with Crippen molar-refractivity contribution in [2.45, 2.75) is 38.2 Å². The molecular weight excluding hydrogens is 198 g/mol. The van der Waals surface area contributed by atoms with E-state index in [-0.39, 0.29) is 6.61 Å². The van der Waals surface area contributed by atoms with Crippen LogP contribution < -0.4 is 0 Å². The number of hydrogen-bond acceptors (Lipinski definition) is 5. The number of aliphatic hydroxyl groups is 4. The molecule has 5 heteroatoms. The fourth-order valence-electron chi connectivity index (χ4n) is 2.06. The minimum Gasteiger partial charge on any atom is -0.395 e. The van der Waals surface area contributed by atoms with Crippen LogP contribution in [0.5, 0.6) is 0 Å². The Bertz CT molecular complexity index is 200. The number of hydrogen-bond donors (Lipinski definition) is 4. The second-order valence-corrected chi connectivity index (χ2v) is 4.65. The van der Waals surface area contributed by atoms with Crippen molar-refractivity contribution in [3.8, 4) is 0 Å².